The second kappa shape index (κ2) is 11.8. The van der Waals surface area contributed by atoms with Gasteiger partial charge in [-0.3, -0.25) is 24.1 Å². The number of rotatable bonds is 9. The minimum Gasteiger partial charge on any atom is -0.338 e. The van der Waals surface area contributed by atoms with Crippen LogP contribution in [0.2, 0.25) is 0 Å². The molecule has 2 atom stereocenters. The van der Waals surface area contributed by atoms with Crippen LogP contribution >= 0.6 is 0 Å². The first-order valence-corrected chi connectivity index (χ1v) is 15.2. The maximum absolute atomic E-state index is 14.0. The van der Waals surface area contributed by atoms with Crippen LogP contribution in [0.25, 0.3) is 22.3 Å². The van der Waals surface area contributed by atoms with Crippen molar-refractivity contribution in [2.75, 3.05) is 11.9 Å². The summed E-state index contributed by atoms with van der Waals surface area (Å²) in [4.78, 5) is 27.5. The molecule has 0 spiro atoms. The fourth-order valence-corrected chi connectivity index (χ4v) is 6.13. The van der Waals surface area contributed by atoms with E-state index in [0.29, 0.717) is 17.9 Å². The van der Waals surface area contributed by atoms with Crippen LogP contribution in [0.3, 0.4) is 0 Å². The predicted octanol–water partition coefficient (Wildman–Crippen LogP) is 4.45. The predicted molar refractivity (Wildman–Crippen MR) is 174 cm³/mol. The molecule has 2 amide bonds. The highest BCUT2D eigenvalue weighted by Gasteiger charge is 2.36. The SMILES string of the molecule is Cc1n[nH]c(C)c1-c1ccc(NC(=O)C(NC(=O)c2ccnn2C)[C@@H]2CCc3ccc(-c4cnn(C(C)(C)CN)c4)cc32)cc1. The van der Waals surface area contributed by atoms with E-state index in [4.69, 9.17) is 5.73 Å². The number of aromatic amines is 1. The molecule has 232 valence electrons. The molecule has 1 aliphatic rings. The van der Waals surface area contributed by atoms with Crippen LogP contribution in [0, 0.1) is 13.8 Å². The molecule has 5 aromatic rings. The standard InChI is InChI=1S/C34H39N9O2/c1-20-30(21(2)41-40-20)23-8-11-26(12-9-23)38-33(45)31(39-32(44)29-14-15-36-42(29)5)27-13-10-22-6-7-24(16-28(22)27)25-17-37-43(18-25)34(3,4)19-35/h6-9,11-12,14-18,27,31H,10,13,19,35H2,1-5H3,(H,38,45)(H,39,44)(H,40,41)/t27-,31?/m1/s1. The van der Waals surface area contributed by atoms with Crippen molar-refractivity contribution in [3.8, 4) is 22.3 Å². The van der Waals surface area contributed by atoms with Gasteiger partial charge in [-0.25, -0.2) is 0 Å². The summed E-state index contributed by atoms with van der Waals surface area (Å²) < 4.78 is 3.39. The van der Waals surface area contributed by atoms with Gasteiger partial charge < -0.3 is 16.4 Å². The Kier molecular flexibility index (Phi) is 7.88. The molecule has 5 N–H and O–H groups in total. The molecule has 3 aromatic heterocycles. The number of nitrogens with one attached hydrogen (secondary N) is 3. The van der Waals surface area contributed by atoms with Crippen molar-refractivity contribution in [1.29, 1.82) is 0 Å². The Morgan fingerprint density at radius 2 is 1.82 bits per heavy atom. The van der Waals surface area contributed by atoms with Crippen molar-refractivity contribution < 1.29 is 9.59 Å². The number of aromatic nitrogens is 6. The first kappa shape index (κ1) is 30.0. The van der Waals surface area contributed by atoms with Crippen molar-refractivity contribution in [1.82, 2.24) is 35.1 Å². The molecular weight excluding hydrogens is 566 g/mol. The fraction of sp³-hybridized carbons (Fsp3) is 0.324. The topological polar surface area (TPSA) is 149 Å². The Bertz CT molecular complexity index is 1840. The fourth-order valence-electron chi connectivity index (χ4n) is 6.13. The second-order valence-electron chi connectivity index (χ2n) is 12.4. The summed E-state index contributed by atoms with van der Waals surface area (Å²) in [6, 6.07) is 14.8. The smallest absolute Gasteiger partial charge is 0.270 e. The van der Waals surface area contributed by atoms with Gasteiger partial charge in [-0.1, -0.05) is 30.3 Å². The van der Waals surface area contributed by atoms with Crippen molar-refractivity contribution in [3.05, 3.63) is 95.3 Å². The molecule has 0 radical (unpaired) electrons. The van der Waals surface area contributed by atoms with E-state index in [2.05, 4.69) is 49.2 Å². The lowest BCUT2D eigenvalue weighted by molar-refractivity contribution is -0.118. The van der Waals surface area contributed by atoms with E-state index in [1.165, 1.54) is 10.2 Å². The zero-order valence-electron chi connectivity index (χ0n) is 26.3. The van der Waals surface area contributed by atoms with E-state index in [1.807, 2.05) is 69.0 Å². The Morgan fingerprint density at radius 3 is 2.49 bits per heavy atom. The van der Waals surface area contributed by atoms with E-state index < -0.39 is 6.04 Å². The molecule has 0 bridgehead atoms. The molecule has 45 heavy (non-hydrogen) atoms. The van der Waals surface area contributed by atoms with Crippen molar-refractivity contribution in [3.63, 3.8) is 0 Å². The number of anilines is 1. The summed E-state index contributed by atoms with van der Waals surface area (Å²) in [5.41, 5.74) is 14.8. The first-order valence-electron chi connectivity index (χ1n) is 15.2. The van der Waals surface area contributed by atoms with Crippen LogP contribution in [-0.2, 0) is 23.8 Å². The number of fused-ring (bicyclic) bond motifs is 1. The number of hydrogen-bond acceptors (Lipinski definition) is 6. The van der Waals surface area contributed by atoms with E-state index >= 15 is 0 Å². The van der Waals surface area contributed by atoms with Crippen molar-refractivity contribution in [2.45, 2.75) is 58.0 Å². The summed E-state index contributed by atoms with van der Waals surface area (Å²) >= 11 is 0. The number of nitrogens with two attached hydrogens (primary N) is 1. The summed E-state index contributed by atoms with van der Waals surface area (Å²) in [6.07, 6.45) is 6.94. The molecule has 3 heterocycles. The van der Waals surface area contributed by atoms with E-state index in [9.17, 15) is 9.59 Å². The van der Waals surface area contributed by atoms with Gasteiger partial charge in [0.2, 0.25) is 5.91 Å². The van der Waals surface area contributed by atoms with Gasteiger partial charge >= 0.3 is 0 Å². The maximum atomic E-state index is 14.0. The number of benzene rings is 2. The lowest BCUT2D eigenvalue weighted by Gasteiger charge is -2.25. The summed E-state index contributed by atoms with van der Waals surface area (Å²) in [5, 5.41) is 22.1. The number of aryl methyl sites for hydroxylation is 4. The number of H-pyrrole nitrogens is 1. The minimum absolute atomic E-state index is 0.233. The average Bonchev–Trinajstić information content (AvgIpc) is 3.83. The molecule has 1 aliphatic carbocycles. The molecule has 2 aromatic carbocycles. The number of carbonyl (C=O) groups excluding carboxylic acids is 2. The van der Waals surface area contributed by atoms with E-state index in [1.54, 1.807) is 19.3 Å². The van der Waals surface area contributed by atoms with Gasteiger partial charge in [0.1, 0.15) is 11.7 Å². The number of amides is 2. The normalized spacial score (nSPS) is 15.1. The highest BCUT2D eigenvalue weighted by atomic mass is 16.2. The van der Waals surface area contributed by atoms with Gasteiger partial charge in [-0.15, -0.1) is 0 Å². The van der Waals surface area contributed by atoms with Crippen molar-refractivity contribution in [2.24, 2.45) is 12.8 Å². The van der Waals surface area contributed by atoms with Gasteiger partial charge in [-0.05, 0) is 81.0 Å². The molecular formula is C34H39N9O2. The van der Waals surface area contributed by atoms with Gasteiger partial charge in [0.05, 0.1) is 17.4 Å². The Morgan fingerprint density at radius 1 is 1.07 bits per heavy atom. The molecule has 6 rings (SSSR count). The lowest BCUT2D eigenvalue weighted by Crippen LogP contribution is -2.47. The van der Waals surface area contributed by atoms with Crippen molar-refractivity contribution >= 4 is 17.5 Å². The summed E-state index contributed by atoms with van der Waals surface area (Å²) in [6.45, 7) is 8.49. The Balaban J connectivity index is 1.30. The van der Waals surface area contributed by atoms with Crippen LogP contribution in [0.5, 0.6) is 0 Å². The molecule has 11 nitrogen and oxygen atoms in total. The Labute approximate surface area is 262 Å². The van der Waals surface area contributed by atoms with Crippen LogP contribution in [0.15, 0.2) is 67.1 Å². The molecule has 0 saturated heterocycles. The highest BCUT2D eigenvalue weighted by molar-refractivity contribution is 6.01. The summed E-state index contributed by atoms with van der Waals surface area (Å²) in [7, 11) is 1.71. The third-order valence-electron chi connectivity index (χ3n) is 8.90. The van der Waals surface area contributed by atoms with Crippen LogP contribution in [0.1, 0.15) is 59.2 Å². The largest absolute Gasteiger partial charge is 0.338 e. The highest BCUT2D eigenvalue weighted by Crippen LogP contribution is 2.39. The van der Waals surface area contributed by atoms with Crippen LogP contribution in [-0.4, -0.2) is 54.2 Å². The van der Waals surface area contributed by atoms with Gasteiger partial charge in [0, 0.05) is 54.4 Å². The van der Waals surface area contributed by atoms with E-state index in [0.717, 1.165) is 52.0 Å². The quantitative estimate of drug-likeness (QED) is 0.195. The zero-order valence-corrected chi connectivity index (χ0v) is 26.3. The maximum Gasteiger partial charge on any atom is 0.270 e. The molecule has 0 saturated carbocycles. The van der Waals surface area contributed by atoms with Gasteiger partial charge in [0.15, 0.2) is 0 Å². The minimum atomic E-state index is -0.819. The second-order valence-corrected chi connectivity index (χ2v) is 12.4. The lowest BCUT2D eigenvalue weighted by atomic mass is 9.90. The number of hydrogen-bond donors (Lipinski definition) is 4. The van der Waals surface area contributed by atoms with Gasteiger partial charge in [0.25, 0.3) is 5.91 Å². The Hall–Kier alpha value is -5.03. The molecule has 0 aliphatic heterocycles. The van der Waals surface area contributed by atoms with Gasteiger partial charge in [-0.2, -0.15) is 15.3 Å². The average molecular weight is 606 g/mol. The number of carbonyl (C=O) groups is 2. The molecule has 0 fully saturated rings. The molecule has 1 unspecified atom stereocenters. The zero-order chi connectivity index (χ0) is 31.9. The monoisotopic (exact) mass is 605 g/mol. The van der Waals surface area contributed by atoms with E-state index in [-0.39, 0.29) is 23.3 Å². The first-order chi connectivity index (χ1) is 21.6. The number of nitrogens with zero attached hydrogens (tertiary/aromatic N) is 5. The third-order valence-corrected chi connectivity index (χ3v) is 8.90. The van der Waals surface area contributed by atoms with Crippen LogP contribution in [0.4, 0.5) is 5.69 Å². The van der Waals surface area contributed by atoms with Crippen LogP contribution < -0.4 is 16.4 Å². The molecule has 11 heteroatoms. The summed E-state index contributed by atoms with van der Waals surface area (Å²) in [5.74, 6) is -0.871. The third kappa shape index (κ3) is 5.78.